The fraction of sp³-hybridized carbons (Fsp3) is 0.143. The van der Waals surface area contributed by atoms with Crippen molar-refractivity contribution in [3.05, 3.63) is 58.6 Å². The number of hydrogen-bond acceptors (Lipinski definition) is 2. The lowest BCUT2D eigenvalue weighted by molar-refractivity contribution is 0.475. The molecular formula is C14H12ClF2NO. The smallest absolute Gasteiger partial charge is 0.134 e. The zero-order valence-electron chi connectivity index (χ0n) is 10.1. The Kier molecular flexibility index (Phi) is 3.90. The average Bonchev–Trinajstić information content (AvgIpc) is 2.32. The van der Waals surface area contributed by atoms with E-state index in [1.807, 2.05) is 0 Å². The van der Waals surface area contributed by atoms with Crippen LogP contribution in [0.15, 0.2) is 36.4 Å². The quantitative estimate of drug-likeness (QED) is 0.813. The monoisotopic (exact) mass is 283 g/mol. The Bertz CT molecular complexity index is 584. The first-order valence-corrected chi connectivity index (χ1v) is 6.04. The Morgan fingerprint density at radius 3 is 2.32 bits per heavy atom. The number of benzene rings is 2. The number of halogens is 3. The van der Waals surface area contributed by atoms with Crippen molar-refractivity contribution in [1.82, 2.24) is 0 Å². The van der Waals surface area contributed by atoms with Crippen molar-refractivity contribution in [2.24, 2.45) is 0 Å². The molecule has 0 fully saturated rings. The second kappa shape index (κ2) is 5.45. The number of aromatic hydroxyl groups is 1. The second-order valence-electron chi connectivity index (χ2n) is 4.23. The van der Waals surface area contributed by atoms with E-state index in [0.717, 1.165) is 6.07 Å². The molecular weight excluding hydrogens is 272 g/mol. The summed E-state index contributed by atoms with van der Waals surface area (Å²) in [6.45, 7) is 1.77. The van der Waals surface area contributed by atoms with Gasteiger partial charge in [0.15, 0.2) is 0 Å². The van der Waals surface area contributed by atoms with Crippen LogP contribution in [0, 0.1) is 11.6 Å². The molecule has 19 heavy (non-hydrogen) atoms. The highest BCUT2D eigenvalue weighted by molar-refractivity contribution is 6.32. The molecule has 100 valence electrons. The van der Waals surface area contributed by atoms with Gasteiger partial charge in [0.05, 0.1) is 5.02 Å². The lowest BCUT2D eigenvalue weighted by Crippen LogP contribution is -2.07. The van der Waals surface area contributed by atoms with Gasteiger partial charge in [-0.15, -0.1) is 0 Å². The molecule has 1 atom stereocenters. The molecule has 0 saturated carbocycles. The molecule has 2 aromatic rings. The summed E-state index contributed by atoms with van der Waals surface area (Å²) in [4.78, 5) is 0. The van der Waals surface area contributed by atoms with Crippen molar-refractivity contribution in [2.75, 3.05) is 5.32 Å². The molecule has 0 bridgehead atoms. The molecule has 2 rings (SSSR count). The van der Waals surface area contributed by atoms with E-state index < -0.39 is 11.6 Å². The summed E-state index contributed by atoms with van der Waals surface area (Å²) in [6.07, 6.45) is 0. The summed E-state index contributed by atoms with van der Waals surface area (Å²) >= 11 is 5.78. The van der Waals surface area contributed by atoms with Gasteiger partial charge in [-0.3, -0.25) is 0 Å². The van der Waals surface area contributed by atoms with E-state index >= 15 is 0 Å². The highest BCUT2D eigenvalue weighted by atomic mass is 35.5. The molecule has 0 saturated heterocycles. The van der Waals surface area contributed by atoms with Crippen molar-refractivity contribution in [3.8, 4) is 5.75 Å². The van der Waals surface area contributed by atoms with E-state index in [-0.39, 0.29) is 16.8 Å². The van der Waals surface area contributed by atoms with E-state index in [2.05, 4.69) is 5.32 Å². The molecule has 0 amide bonds. The van der Waals surface area contributed by atoms with Crippen LogP contribution in [0.25, 0.3) is 0 Å². The minimum absolute atomic E-state index is 0.0170. The molecule has 2 nitrogen and oxygen atoms in total. The van der Waals surface area contributed by atoms with Gasteiger partial charge < -0.3 is 10.4 Å². The zero-order chi connectivity index (χ0) is 14.0. The van der Waals surface area contributed by atoms with Gasteiger partial charge in [0, 0.05) is 17.8 Å². The normalized spacial score (nSPS) is 12.2. The van der Waals surface area contributed by atoms with Crippen LogP contribution in [0.1, 0.15) is 18.5 Å². The molecule has 0 aliphatic rings. The van der Waals surface area contributed by atoms with Crippen LogP contribution in [0.5, 0.6) is 5.75 Å². The Labute approximate surface area is 114 Å². The molecule has 2 N–H and O–H groups in total. The molecule has 0 radical (unpaired) electrons. The first-order chi connectivity index (χ1) is 8.95. The number of hydrogen-bond donors (Lipinski definition) is 2. The SMILES string of the molecule is CC(Nc1ccc(O)c(Cl)c1)c1cc(F)cc(F)c1. The van der Waals surface area contributed by atoms with Crippen LogP contribution in [0.2, 0.25) is 5.02 Å². The van der Waals surface area contributed by atoms with Crippen LogP contribution >= 0.6 is 11.6 Å². The summed E-state index contributed by atoms with van der Waals surface area (Å²) in [6, 6.07) is 7.69. The van der Waals surface area contributed by atoms with Crippen molar-refractivity contribution >= 4 is 17.3 Å². The van der Waals surface area contributed by atoms with Gasteiger partial charge in [-0.25, -0.2) is 8.78 Å². The molecule has 0 heterocycles. The first-order valence-electron chi connectivity index (χ1n) is 5.67. The van der Waals surface area contributed by atoms with Crippen molar-refractivity contribution in [1.29, 1.82) is 0 Å². The standard InChI is InChI=1S/C14H12ClF2NO/c1-8(9-4-10(16)6-11(17)5-9)18-12-2-3-14(19)13(15)7-12/h2-8,18-19H,1H3. The van der Waals surface area contributed by atoms with E-state index in [9.17, 15) is 13.9 Å². The third-order valence-electron chi connectivity index (χ3n) is 2.72. The molecule has 5 heteroatoms. The van der Waals surface area contributed by atoms with Crippen LogP contribution in [-0.2, 0) is 0 Å². The molecule has 0 aliphatic carbocycles. The molecule has 2 aromatic carbocycles. The Morgan fingerprint density at radius 1 is 1.11 bits per heavy atom. The predicted octanol–water partition coefficient (Wildman–Crippen LogP) is 4.50. The lowest BCUT2D eigenvalue weighted by Gasteiger charge is -2.16. The third-order valence-corrected chi connectivity index (χ3v) is 3.02. The van der Waals surface area contributed by atoms with Crippen LogP contribution in [-0.4, -0.2) is 5.11 Å². The summed E-state index contributed by atoms with van der Waals surface area (Å²) in [5.41, 5.74) is 1.14. The zero-order valence-corrected chi connectivity index (χ0v) is 10.9. The Morgan fingerprint density at radius 2 is 1.74 bits per heavy atom. The highest BCUT2D eigenvalue weighted by Crippen LogP contribution is 2.28. The van der Waals surface area contributed by atoms with E-state index in [0.29, 0.717) is 11.3 Å². The van der Waals surface area contributed by atoms with Crippen molar-refractivity contribution in [3.63, 3.8) is 0 Å². The van der Waals surface area contributed by atoms with E-state index in [1.165, 1.54) is 18.2 Å². The molecule has 0 aliphatic heterocycles. The number of nitrogens with one attached hydrogen (secondary N) is 1. The van der Waals surface area contributed by atoms with Gasteiger partial charge in [0.2, 0.25) is 0 Å². The van der Waals surface area contributed by atoms with Gasteiger partial charge in [0.1, 0.15) is 17.4 Å². The van der Waals surface area contributed by atoms with Crippen molar-refractivity contribution < 1.29 is 13.9 Å². The molecule has 0 aromatic heterocycles. The molecule has 0 spiro atoms. The summed E-state index contributed by atoms with van der Waals surface area (Å²) < 4.78 is 26.2. The van der Waals surface area contributed by atoms with Gasteiger partial charge in [-0.2, -0.15) is 0 Å². The number of rotatable bonds is 3. The van der Waals surface area contributed by atoms with Crippen LogP contribution < -0.4 is 5.32 Å². The van der Waals surface area contributed by atoms with Gasteiger partial charge in [-0.05, 0) is 42.8 Å². The second-order valence-corrected chi connectivity index (χ2v) is 4.64. The summed E-state index contributed by atoms with van der Waals surface area (Å²) in [5, 5.41) is 12.6. The maximum atomic E-state index is 13.1. The van der Waals surface area contributed by atoms with E-state index in [1.54, 1.807) is 19.1 Å². The first kappa shape index (κ1) is 13.6. The fourth-order valence-corrected chi connectivity index (χ4v) is 1.94. The Balaban J connectivity index is 2.20. The van der Waals surface area contributed by atoms with Gasteiger partial charge in [0.25, 0.3) is 0 Å². The predicted molar refractivity (Wildman–Crippen MR) is 71.5 cm³/mol. The summed E-state index contributed by atoms with van der Waals surface area (Å²) in [7, 11) is 0. The van der Waals surface area contributed by atoms with Gasteiger partial charge in [-0.1, -0.05) is 11.6 Å². The highest BCUT2D eigenvalue weighted by Gasteiger charge is 2.09. The maximum absolute atomic E-state index is 13.1. The lowest BCUT2D eigenvalue weighted by atomic mass is 10.1. The maximum Gasteiger partial charge on any atom is 0.134 e. The molecule has 1 unspecified atom stereocenters. The number of phenolic OH excluding ortho intramolecular Hbond substituents is 1. The number of phenols is 1. The largest absolute Gasteiger partial charge is 0.506 e. The minimum Gasteiger partial charge on any atom is -0.506 e. The fourth-order valence-electron chi connectivity index (χ4n) is 1.76. The van der Waals surface area contributed by atoms with Gasteiger partial charge >= 0.3 is 0 Å². The van der Waals surface area contributed by atoms with Crippen molar-refractivity contribution in [2.45, 2.75) is 13.0 Å². The summed E-state index contributed by atoms with van der Waals surface area (Å²) in [5.74, 6) is -1.25. The minimum atomic E-state index is -0.618. The van der Waals surface area contributed by atoms with Crippen LogP contribution in [0.3, 0.4) is 0 Å². The van der Waals surface area contributed by atoms with E-state index in [4.69, 9.17) is 11.6 Å². The average molecular weight is 284 g/mol. The van der Waals surface area contributed by atoms with Crippen LogP contribution in [0.4, 0.5) is 14.5 Å². The number of anilines is 1. The third kappa shape index (κ3) is 3.35. The topological polar surface area (TPSA) is 32.3 Å². The Hall–Kier alpha value is -1.81.